The van der Waals surface area contributed by atoms with E-state index >= 15 is 0 Å². The van der Waals surface area contributed by atoms with Gasteiger partial charge in [-0.3, -0.25) is 10.2 Å². The number of hydrogen-bond acceptors (Lipinski definition) is 3. The van der Waals surface area contributed by atoms with Gasteiger partial charge in [0.1, 0.15) is 6.61 Å². The molecular formula is C7H9NO2. The van der Waals surface area contributed by atoms with Crippen LogP contribution in [0.1, 0.15) is 11.3 Å². The van der Waals surface area contributed by atoms with Gasteiger partial charge in [0.25, 0.3) is 0 Å². The van der Waals surface area contributed by atoms with Crippen molar-refractivity contribution in [3.63, 3.8) is 0 Å². The van der Waals surface area contributed by atoms with Crippen molar-refractivity contribution in [3.05, 3.63) is 29.6 Å². The average Bonchev–Trinajstić information content (AvgIpc) is 1.88. The van der Waals surface area contributed by atoms with E-state index in [1.807, 2.05) is 13.0 Å². The molecule has 1 rings (SSSR count). The Morgan fingerprint density at radius 3 is 3.10 bits per heavy atom. The Kier molecular flexibility index (Phi) is 2.36. The Bertz CT molecular complexity index is 213. The van der Waals surface area contributed by atoms with E-state index in [1.165, 1.54) is 0 Å². The number of aryl methyl sites for hydroxylation is 1. The SMILES string of the molecule is Cc1cc(COO)ccn1. The Morgan fingerprint density at radius 2 is 2.50 bits per heavy atom. The second-order valence-corrected chi connectivity index (χ2v) is 2.08. The van der Waals surface area contributed by atoms with Crippen LogP contribution in [0.3, 0.4) is 0 Å². The van der Waals surface area contributed by atoms with Crippen LogP contribution in [-0.2, 0) is 11.5 Å². The van der Waals surface area contributed by atoms with Gasteiger partial charge in [0, 0.05) is 11.9 Å². The second kappa shape index (κ2) is 3.29. The fourth-order valence-electron chi connectivity index (χ4n) is 0.769. The third kappa shape index (κ3) is 1.79. The first kappa shape index (κ1) is 7.18. The molecule has 0 fully saturated rings. The van der Waals surface area contributed by atoms with Crippen LogP contribution in [0.15, 0.2) is 18.3 Å². The van der Waals surface area contributed by atoms with E-state index < -0.39 is 0 Å². The van der Waals surface area contributed by atoms with E-state index in [4.69, 9.17) is 5.26 Å². The molecule has 1 N–H and O–H groups in total. The minimum absolute atomic E-state index is 0.226. The molecule has 0 saturated heterocycles. The van der Waals surface area contributed by atoms with Gasteiger partial charge >= 0.3 is 0 Å². The molecule has 0 aromatic carbocycles. The van der Waals surface area contributed by atoms with Gasteiger partial charge in [-0.15, -0.1) is 0 Å². The summed E-state index contributed by atoms with van der Waals surface area (Å²) in [6.07, 6.45) is 1.68. The highest BCUT2D eigenvalue weighted by atomic mass is 17.1. The van der Waals surface area contributed by atoms with Crippen LogP contribution in [0.5, 0.6) is 0 Å². The van der Waals surface area contributed by atoms with Crippen LogP contribution < -0.4 is 0 Å². The zero-order chi connectivity index (χ0) is 7.40. The van der Waals surface area contributed by atoms with Crippen LogP contribution in [0.4, 0.5) is 0 Å². The smallest absolute Gasteiger partial charge is 0.107 e. The van der Waals surface area contributed by atoms with E-state index in [1.54, 1.807) is 12.3 Å². The first-order chi connectivity index (χ1) is 4.83. The number of rotatable bonds is 2. The van der Waals surface area contributed by atoms with Crippen LogP contribution >= 0.6 is 0 Å². The highest BCUT2D eigenvalue weighted by molar-refractivity contribution is 5.13. The summed E-state index contributed by atoms with van der Waals surface area (Å²) in [6.45, 7) is 2.12. The zero-order valence-corrected chi connectivity index (χ0v) is 5.74. The van der Waals surface area contributed by atoms with Gasteiger partial charge in [-0.05, 0) is 24.6 Å². The maximum atomic E-state index is 8.09. The maximum absolute atomic E-state index is 8.09. The van der Waals surface area contributed by atoms with Crippen LogP contribution in [0.2, 0.25) is 0 Å². The van der Waals surface area contributed by atoms with E-state index in [-0.39, 0.29) is 6.61 Å². The maximum Gasteiger partial charge on any atom is 0.107 e. The summed E-state index contributed by atoms with van der Waals surface area (Å²) in [5, 5.41) is 8.09. The molecule has 0 saturated carbocycles. The zero-order valence-electron chi connectivity index (χ0n) is 5.74. The molecule has 0 atom stereocenters. The van der Waals surface area contributed by atoms with Gasteiger partial charge in [0.05, 0.1) is 0 Å². The van der Waals surface area contributed by atoms with Gasteiger partial charge in [-0.2, -0.15) is 0 Å². The van der Waals surface area contributed by atoms with Crippen LogP contribution in [0, 0.1) is 6.92 Å². The lowest BCUT2D eigenvalue weighted by atomic mass is 10.2. The van der Waals surface area contributed by atoms with Gasteiger partial charge in [-0.25, -0.2) is 4.89 Å². The number of hydrogen-bond donors (Lipinski definition) is 1. The van der Waals surface area contributed by atoms with E-state index in [9.17, 15) is 0 Å². The summed E-state index contributed by atoms with van der Waals surface area (Å²) in [5.74, 6) is 0. The van der Waals surface area contributed by atoms with Crippen molar-refractivity contribution >= 4 is 0 Å². The molecule has 0 aliphatic carbocycles. The second-order valence-electron chi connectivity index (χ2n) is 2.08. The van der Waals surface area contributed by atoms with Crippen molar-refractivity contribution in [1.29, 1.82) is 0 Å². The minimum atomic E-state index is 0.226. The summed E-state index contributed by atoms with van der Waals surface area (Å²) in [5.41, 5.74) is 1.85. The summed E-state index contributed by atoms with van der Waals surface area (Å²) in [7, 11) is 0. The number of pyridine rings is 1. The summed E-state index contributed by atoms with van der Waals surface area (Å²) in [6, 6.07) is 3.65. The van der Waals surface area contributed by atoms with Crippen molar-refractivity contribution in [2.24, 2.45) is 0 Å². The third-order valence-electron chi connectivity index (χ3n) is 1.19. The van der Waals surface area contributed by atoms with Crippen molar-refractivity contribution in [3.8, 4) is 0 Å². The first-order valence-corrected chi connectivity index (χ1v) is 3.01. The number of nitrogens with zero attached hydrogens (tertiary/aromatic N) is 1. The monoisotopic (exact) mass is 139 g/mol. The fourth-order valence-corrected chi connectivity index (χ4v) is 0.769. The standard InChI is InChI=1S/C7H9NO2/c1-6-4-7(5-10-9)2-3-8-6/h2-4,9H,5H2,1H3. The molecule has 0 spiro atoms. The average molecular weight is 139 g/mol. The van der Waals surface area contributed by atoms with Crippen LogP contribution in [0.25, 0.3) is 0 Å². The largest absolute Gasteiger partial charge is 0.262 e. The van der Waals surface area contributed by atoms with Crippen molar-refractivity contribution in [1.82, 2.24) is 4.98 Å². The third-order valence-corrected chi connectivity index (χ3v) is 1.19. The molecule has 0 aliphatic heterocycles. The summed E-state index contributed by atoms with van der Waals surface area (Å²) < 4.78 is 0. The molecule has 3 nitrogen and oxygen atoms in total. The van der Waals surface area contributed by atoms with Gasteiger partial charge in [-0.1, -0.05) is 0 Å². The van der Waals surface area contributed by atoms with E-state index in [0.717, 1.165) is 11.3 Å². The molecule has 10 heavy (non-hydrogen) atoms. The lowest BCUT2D eigenvalue weighted by Gasteiger charge is -1.96. The Hall–Kier alpha value is -0.930. The fraction of sp³-hybridized carbons (Fsp3) is 0.286. The molecule has 1 heterocycles. The molecule has 0 radical (unpaired) electrons. The Balaban J connectivity index is 2.75. The van der Waals surface area contributed by atoms with Gasteiger partial charge in [0.2, 0.25) is 0 Å². The van der Waals surface area contributed by atoms with E-state index in [0.29, 0.717) is 0 Å². The molecular weight excluding hydrogens is 130 g/mol. The molecule has 0 bridgehead atoms. The topological polar surface area (TPSA) is 42.4 Å². The van der Waals surface area contributed by atoms with Crippen molar-refractivity contribution in [2.75, 3.05) is 0 Å². The molecule has 0 unspecified atom stereocenters. The summed E-state index contributed by atoms with van der Waals surface area (Å²) >= 11 is 0. The predicted octanol–water partition coefficient (Wildman–Crippen LogP) is 1.38. The highest BCUT2D eigenvalue weighted by Crippen LogP contribution is 2.00. The minimum Gasteiger partial charge on any atom is -0.262 e. The van der Waals surface area contributed by atoms with Crippen LogP contribution in [-0.4, -0.2) is 10.2 Å². The molecule has 1 aromatic heterocycles. The Labute approximate surface area is 59.2 Å². The molecule has 3 heteroatoms. The lowest BCUT2D eigenvalue weighted by molar-refractivity contribution is -0.253. The first-order valence-electron chi connectivity index (χ1n) is 3.01. The predicted molar refractivity (Wildman–Crippen MR) is 36.4 cm³/mol. The quantitative estimate of drug-likeness (QED) is 0.497. The van der Waals surface area contributed by atoms with Crippen molar-refractivity contribution < 1.29 is 10.1 Å². The van der Waals surface area contributed by atoms with E-state index in [2.05, 4.69) is 9.87 Å². The number of aromatic nitrogens is 1. The highest BCUT2D eigenvalue weighted by Gasteiger charge is 1.91. The lowest BCUT2D eigenvalue weighted by Crippen LogP contribution is -1.89. The van der Waals surface area contributed by atoms with Crippen molar-refractivity contribution in [2.45, 2.75) is 13.5 Å². The summed E-state index contributed by atoms with van der Waals surface area (Å²) in [4.78, 5) is 7.94. The van der Waals surface area contributed by atoms with Gasteiger partial charge < -0.3 is 0 Å². The normalized spacial score (nSPS) is 9.80. The molecule has 0 aliphatic rings. The van der Waals surface area contributed by atoms with Gasteiger partial charge in [0.15, 0.2) is 0 Å². The molecule has 54 valence electrons. The Morgan fingerprint density at radius 1 is 1.70 bits per heavy atom. The molecule has 1 aromatic rings. The molecule has 0 amide bonds.